The third kappa shape index (κ3) is 3.54. The summed E-state index contributed by atoms with van der Waals surface area (Å²) in [6, 6.07) is 14.6. The summed E-state index contributed by atoms with van der Waals surface area (Å²) in [5.74, 6) is 1.98. The lowest BCUT2D eigenvalue weighted by molar-refractivity contribution is 0.322. The predicted molar refractivity (Wildman–Crippen MR) is 101 cm³/mol. The molecule has 0 saturated carbocycles. The van der Waals surface area contributed by atoms with Crippen LogP contribution in [0.15, 0.2) is 48.7 Å². The van der Waals surface area contributed by atoms with Gasteiger partial charge in [0.05, 0.1) is 12.3 Å². The van der Waals surface area contributed by atoms with Crippen LogP contribution in [0.3, 0.4) is 0 Å². The summed E-state index contributed by atoms with van der Waals surface area (Å²) in [7, 11) is 0. The minimum atomic E-state index is 0.689. The molecule has 0 aromatic heterocycles. The van der Waals surface area contributed by atoms with Gasteiger partial charge in [-0.15, -0.1) is 0 Å². The van der Waals surface area contributed by atoms with Crippen LogP contribution >= 0.6 is 0 Å². The summed E-state index contributed by atoms with van der Waals surface area (Å²) < 4.78 is 7.81. The van der Waals surface area contributed by atoms with Crippen LogP contribution in [0, 0.1) is 0 Å². The van der Waals surface area contributed by atoms with Crippen LogP contribution in [-0.4, -0.2) is 40.7 Å². The Labute approximate surface area is 149 Å². The zero-order chi connectivity index (χ0) is 17.1. The third-order valence-corrected chi connectivity index (χ3v) is 4.91. The van der Waals surface area contributed by atoms with Crippen molar-refractivity contribution in [3.05, 3.63) is 48.7 Å². The summed E-state index contributed by atoms with van der Waals surface area (Å²) >= 11 is 0. The molecule has 0 spiro atoms. The van der Waals surface area contributed by atoms with Crippen LogP contribution < -0.4 is 4.74 Å². The zero-order valence-electron chi connectivity index (χ0n) is 14.8. The molecule has 130 valence electrons. The van der Waals surface area contributed by atoms with Gasteiger partial charge in [-0.2, -0.15) is 0 Å². The average molecular weight is 335 g/mol. The van der Waals surface area contributed by atoms with E-state index in [9.17, 15) is 0 Å². The first kappa shape index (κ1) is 16.2. The van der Waals surface area contributed by atoms with Crippen molar-refractivity contribution in [1.82, 2.24) is 14.5 Å². The van der Waals surface area contributed by atoms with E-state index in [2.05, 4.69) is 46.0 Å². The molecule has 4 heteroatoms. The first-order valence-electron chi connectivity index (χ1n) is 9.25. The molecule has 3 heterocycles. The second-order valence-corrected chi connectivity index (χ2v) is 6.63. The van der Waals surface area contributed by atoms with Crippen molar-refractivity contribution in [3.8, 4) is 28.4 Å². The fourth-order valence-corrected chi connectivity index (χ4v) is 3.57. The van der Waals surface area contributed by atoms with Gasteiger partial charge in [0.2, 0.25) is 0 Å². The van der Waals surface area contributed by atoms with Crippen LogP contribution in [0.5, 0.6) is 5.75 Å². The fourth-order valence-electron chi connectivity index (χ4n) is 3.57. The number of benzene rings is 1. The van der Waals surface area contributed by atoms with E-state index >= 15 is 0 Å². The summed E-state index contributed by atoms with van der Waals surface area (Å²) in [6.07, 6.45) is 4.82. The molecule has 1 saturated heterocycles. The summed E-state index contributed by atoms with van der Waals surface area (Å²) in [4.78, 5) is 7.45. The normalized spacial score (nSPS) is 15.1. The van der Waals surface area contributed by atoms with Gasteiger partial charge in [0.25, 0.3) is 0 Å². The highest BCUT2D eigenvalue weighted by molar-refractivity contribution is 5.71. The number of likely N-dealkylation sites (tertiary alicyclic amines) is 1. The van der Waals surface area contributed by atoms with E-state index in [0.717, 1.165) is 35.9 Å². The molecule has 0 N–H and O–H groups in total. The smallest absolute Gasteiger partial charge is 0.140 e. The first-order chi connectivity index (χ1) is 12.3. The molecular formula is C21H25N3O. The SMILES string of the molecule is CCOc1ccc(-c2cc3cccn(CCN4CCCC4)c-3n2)cc1. The third-order valence-electron chi connectivity index (χ3n) is 4.91. The van der Waals surface area contributed by atoms with Gasteiger partial charge < -0.3 is 14.2 Å². The van der Waals surface area contributed by atoms with Crippen molar-refractivity contribution in [2.24, 2.45) is 0 Å². The Morgan fingerprint density at radius 3 is 2.56 bits per heavy atom. The van der Waals surface area contributed by atoms with Crippen LogP contribution in [0.4, 0.5) is 0 Å². The lowest BCUT2D eigenvalue weighted by Crippen LogP contribution is -2.24. The second kappa shape index (κ2) is 7.28. The largest absolute Gasteiger partial charge is 0.494 e. The van der Waals surface area contributed by atoms with Gasteiger partial charge in [0.15, 0.2) is 0 Å². The molecule has 4 rings (SSSR count). The Bertz CT molecular complexity index is 787. The molecule has 1 aromatic carbocycles. The molecule has 0 atom stereocenters. The average Bonchev–Trinajstić information content (AvgIpc) is 3.30. The van der Waals surface area contributed by atoms with Crippen molar-refractivity contribution in [1.29, 1.82) is 0 Å². The van der Waals surface area contributed by atoms with E-state index in [1.807, 2.05) is 19.1 Å². The number of hydrogen-bond donors (Lipinski definition) is 0. The molecule has 0 bridgehead atoms. The topological polar surface area (TPSA) is 30.3 Å². The lowest BCUT2D eigenvalue weighted by Gasteiger charge is -2.17. The molecule has 1 fully saturated rings. The summed E-state index contributed by atoms with van der Waals surface area (Å²) in [6.45, 7) is 7.27. The van der Waals surface area contributed by atoms with Crippen molar-refractivity contribution in [2.45, 2.75) is 26.3 Å². The number of aromatic nitrogens is 2. The van der Waals surface area contributed by atoms with E-state index in [1.165, 1.54) is 31.5 Å². The number of nitrogens with zero attached hydrogens (tertiary/aromatic N) is 3. The molecule has 25 heavy (non-hydrogen) atoms. The highest BCUT2D eigenvalue weighted by Crippen LogP contribution is 2.29. The number of fused-ring (bicyclic) bond motifs is 1. The van der Waals surface area contributed by atoms with Crippen LogP contribution in [0.2, 0.25) is 0 Å². The van der Waals surface area contributed by atoms with Gasteiger partial charge in [-0.25, -0.2) is 4.98 Å². The molecule has 0 unspecified atom stereocenters. The van der Waals surface area contributed by atoms with Crippen molar-refractivity contribution in [2.75, 3.05) is 26.2 Å². The molecular weight excluding hydrogens is 310 g/mol. The molecule has 0 radical (unpaired) electrons. The maximum Gasteiger partial charge on any atom is 0.140 e. The van der Waals surface area contributed by atoms with E-state index in [1.54, 1.807) is 0 Å². The quantitative estimate of drug-likeness (QED) is 0.678. The highest BCUT2D eigenvalue weighted by atomic mass is 16.5. The van der Waals surface area contributed by atoms with Gasteiger partial charge in [-0.1, -0.05) is 0 Å². The van der Waals surface area contributed by atoms with Crippen molar-refractivity contribution >= 4 is 0 Å². The number of rotatable bonds is 6. The van der Waals surface area contributed by atoms with E-state index in [-0.39, 0.29) is 0 Å². The Morgan fingerprint density at radius 1 is 1.00 bits per heavy atom. The molecule has 4 nitrogen and oxygen atoms in total. The first-order valence-corrected chi connectivity index (χ1v) is 9.25. The molecule has 3 aliphatic heterocycles. The van der Waals surface area contributed by atoms with Gasteiger partial charge in [0.1, 0.15) is 11.6 Å². The summed E-state index contributed by atoms with van der Waals surface area (Å²) in [5.41, 5.74) is 3.36. The monoisotopic (exact) mass is 335 g/mol. The summed E-state index contributed by atoms with van der Waals surface area (Å²) in [5, 5.41) is 0. The standard InChI is InChI=1S/C21H25N3O/c1-2-25-19-9-7-17(8-10-19)20-16-18-6-5-13-24(21(18)22-20)15-14-23-11-3-4-12-23/h5-10,13,16H,2-4,11-12,14-15H2,1H3. The van der Waals surface area contributed by atoms with E-state index < -0.39 is 0 Å². The fraction of sp³-hybridized carbons (Fsp3) is 0.381. The highest BCUT2D eigenvalue weighted by Gasteiger charge is 2.15. The Morgan fingerprint density at radius 2 is 1.80 bits per heavy atom. The Kier molecular flexibility index (Phi) is 4.70. The molecule has 0 aliphatic carbocycles. The molecule has 3 aliphatic rings. The Balaban J connectivity index is 1.56. The Hall–Kier alpha value is -2.33. The van der Waals surface area contributed by atoms with Gasteiger partial charge in [-0.3, -0.25) is 0 Å². The maximum absolute atomic E-state index is 5.53. The van der Waals surface area contributed by atoms with Crippen LogP contribution in [0.25, 0.3) is 22.6 Å². The molecule has 1 aromatic rings. The van der Waals surface area contributed by atoms with Crippen LogP contribution in [0.1, 0.15) is 19.8 Å². The number of ether oxygens (including phenoxy) is 1. The molecule has 0 amide bonds. The van der Waals surface area contributed by atoms with Gasteiger partial charge in [-0.05, 0) is 75.3 Å². The van der Waals surface area contributed by atoms with Gasteiger partial charge in [0, 0.05) is 30.4 Å². The van der Waals surface area contributed by atoms with Crippen molar-refractivity contribution < 1.29 is 4.74 Å². The van der Waals surface area contributed by atoms with Crippen LogP contribution in [-0.2, 0) is 6.54 Å². The zero-order valence-corrected chi connectivity index (χ0v) is 14.8. The minimum absolute atomic E-state index is 0.689. The minimum Gasteiger partial charge on any atom is -0.494 e. The van der Waals surface area contributed by atoms with Gasteiger partial charge >= 0.3 is 0 Å². The second-order valence-electron chi connectivity index (χ2n) is 6.63. The van der Waals surface area contributed by atoms with E-state index in [4.69, 9.17) is 9.72 Å². The number of hydrogen-bond acceptors (Lipinski definition) is 3. The van der Waals surface area contributed by atoms with Crippen molar-refractivity contribution in [3.63, 3.8) is 0 Å². The lowest BCUT2D eigenvalue weighted by atomic mass is 10.1. The maximum atomic E-state index is 5.53. The van der Waals surface area contributed by atoms with E-state index in [0.29, 0.717) is 6.61 Å². The number of pyridine rings is 1. The predicted octanol–water partition coefficient (Wildman–Crippen LogP) is 4.15.